The quantitative estimate of drug-likeness (QED) is 0.328. The van der Waals surface area contributed by atoms with Gasteiger partial charge in [-0.1, -0.05) is 0 Å². The van der Waals surface area contributed by atoms with Gasteiger partial charge in [-0.3, -0.25) is 9.88 Å². The highest BCUT2D eigenvalue weighted by molar-refractivity contribution is 7.89. The lowest BCUT2D eigenvalue weighted by Crippen LogP contribution is -2.47. The minimum atomic E-state index is -3.44. The summed E-state index contributed by atoms with van der Waals surface area (Å²) in [5.41, 5.74) is 3.20. The summed E-state index contributed by atoms with van der Waals surface area (Å²) in [6.45, 7) is 2.82. The first-order valence-corrected chi connectivity index (χ1v) is 15.4. The average molecular weight is 564 g/mol. The van der Waals surface area contributed by atoms with Crippen LogP contribution in [-0.4, -0.2) is 82.3 Å². The van der Waals surface area contributed by atoms with Gasteiger partial charge in [0.2, 0.25) is 10.0 Å². The third-order valence-corrected chi connectivity index (χ3v) is 9.97. The number of benzene rings is 1. The molecule has 0 spiro atoms. The number of aromatic nitrogens is 3. The topological polar surface area (TPSA) is 129 Å². The molecule has 0 aliphatic carbocycles. The van der Waals surface area contributed by atoms with Crippen LogP contribution >= 0.6 is 0 Å². The van der Waals surface area contributed by atoms with Crippen molar-refractivity contribution in [1.29, 1.82) is 0 Å². The van der Waals surface area contributed by atoms with E-state index < -0.39 is 16.0 Å². The number of rotatable bonds is 8. The van der Waals surface area contributed by atoms with Gasteiger partial charge < -0.3 is 14.8 Å². The summed E-state index contributed by atoms with van der Waals surface area (Å²) in [7, 11) is -3.44. The summed E-state index contributed by atoms with van der Waals surface area (Å²) in [6, 6.07) is 10.4. The number of pyridine rings is 2. The molecule has 1 atom stereocenters. The first kappa shape index (κ1) is 26.7. The van der Waals surface area contributed by atoms with E-state index >= 15 is 0 Å². The molecular formula is C29H33N5O5S. The predicted octanol–water partition coefficient (Wildman–Crippen LogP) is 4.07. The Morgan fingerprint density at radius 3 is 2.62 bits per heavy atom. The van der Waals surface area contributed by atoms with E-state index in [-0.39, 0.29) is 17.4 Å². The molecule has 11 heteroatoms. The lowest BCUT2D eigenvalue weighted by atomic mass is 9.87. The predicted molar refractivity (Wildman–Crippen MR) is 152 cm³/mol. The number of ether oxygens (including phenoxy) is 1. The number of hydrogen-bond acceptors (Lipinski definition) is 7. The van der Waals surface area contributed by atoms with Crippen LogP contribution in [0.5, 0.6) is 5.75 Å². The number of aromatic amines is 1. The SMILES string of the molecule is O=C(O)c1ccc(OCC2CCCN(S(=O)(=O)CN3CCC(c4ccnc5cnc6[nH]ccc6c45)CC3)C2)cc1. The van der Waals surface area contributed by atoms with E-state index in [9.17, 15) is 13.2 Å². The maximum absolute atomic E-state index is 13.4. The van der Waals surface area contributed by atoms with Gasteiger partial charge in [-0.15, -0.1) is 0 Å². The van der Waals surface area contributed by atoms with E-state index in [1.165, 1.54) is 17.7 Å². The number of hydrogen-bond donors (Lipinski definition) is 2. The number of nitrogens with zero attached hydrogens (tertiary/aromatic N) is 4. The zero-order valence-electron chi connectivity index (χ0n) is 22.2. The van der Waals surface area contributed by atoms with Crippen molar-refractivity contribution in [2.24, 2.45) is 5.92 Å². The van der Waals surface area contributed by atoms with Crippen LogP contribution in [0.4, 0.5) is 0 Å². The van der Waals surface area contributed by atoms with E-state index in [4.69, 9.17) is 9.84 Å². The largest absolute Gasteiger partial charge is 0.493 e. The van der Waals surface area contributed by atoms with Crippen LogP contribution < -0.4 is 4.74 Å². The zero-order valence-corrected chi connectivity index (χ0v) is 23.0. The molecule has 6 rings (SSSR count). The summed E-state index contributed by atoms with van der Waals surface area (Å²) in [5.74, 6) is 0.0699. The van der Waals surface area contributed by atoms with Crippen LogP contribution in [0.15, 0.2) is 55.0 Å². The molecule has 2 aliphatic rings. The number of nitrogens with one attached hydrogen (secondary N) is 1. The summed E-state index contributed by atoms with van der Waals surface area (Å²) in [6.07, 6.45) is 9.03. The Balaban J connectivity index is 1.05. The molecule has 0 radical (unpaired) electrons. The number of aromatic carboxylic acids is 1. The van der Waals surface area contributed by atoms with Crippen molar-refractivity contribution >= 4 is 37.9 Å². The standard InChI is InChI=1S/C29H33N5O5S/c35-29(36)22-3-5-23(6-4-22)39-18-20-2-1-13-34(17-20)40(37,38)19-33-14-9-21(10-15-33)24-7-11-30-26-16-32-28-25(27(24)26)8-12-31-28/h3-8,11-12,16,20-21H,1-2,9-10,13-15,17-19H2,(H,31,32)(H,35,36). The van der Waals surface area contributed by atoms with Crippen LogP contribution in [0.25, 0.3) is 21.9 Å². The van der Waals surface area contributed by atoms with Crippen molar-refractivity contribution < 1.29 is 23.1 Å². The number of likely N-dealkylation sites (tertiary alicyclic amines) is 1. The molecular weight excluding hydrogens is 530 g/mol. The maximum atomic E-state index is 13.4. The van der Waals surface area contributed by atoms with Crippen molar-refractivity contribution in [3.05, 3.63) is 66.1 Å². The fraction of sp³-hybridized carbons (Fsp3) is 0.414. The number of piperidine rings is 2. The van der Waals surface area contributed by atoms with Crippen molar-refractivity contribution in [3.63, 3.8) is 0 Å². The molecule has 40 heavy (non-hydrogen) atoms. The maximum Gasteiger partial charge on any atom is 0.335 e. The lowest BCUT2D eigenvalue weighted by Gasteiger charge is -2.36. The normalized spacial score (nSPS) is 19.8. The molecule has 0 bridgehead atoms. The van der Waals surface area contributed by atoms with Crippen molar-refractivity contribution in [3.8, 4) is 5.75 Å². The Bertz CT molecular complexity index is 1610. The van der Waals surface area contributed by atoms with E-state index in [1.54, 1.807) is 16.4 Å². The van der Waals surface area contributed by atoms with Crippen molar-refractivity contribution in [2.75, 3.05) is 38.7 Å². The molecule has 0 amide bonds. The van der Waals surface area contributed by atoms with Gasteiger partial charge in [0.15, 0.2) is 0 Å². The summed E-state index contributed by atoms with van der Waals surface area (Å²) in [4.78, 5) is 25.3. The average Bonchev–Trinajstić information content (AvgIpc) is 3.46. The Kier molecular flexibility index (Phi) is 7.43. The third-order valence-electron chi connectivity index (χ3n) is 8.16. The van der Waals surface area contributed by atoms with Crippen LogP contribution in [0.2, 0.25) is 0 Å². The van der Waals surface area contributed by atoms with E-state index in [0.717, 1.165) is 60.7 Å². The number of carboxylic acids is 1. The highest BCUT2D eigenvalue weighted by Gasteiger charge is 2.32. The molecule has 2 fully saturated rings. The number of sulfonamides is 1. The van der Waals surface area contributed by atoms with Gasteiger partial charge in [0.25, 0.3) is 0 Å². The Morgan fingerprint density at radius 2 is 1.85 bits per heavy atom. The second-order valence-electron chi connectivity index (χ2n) is 10.8. The van der Waals surface area contributed by atoms with Crippen molar-refractivity contribution in [1.82, 2.24) is 24.2 Å². The molecule has 1 unspecified atom stereocenters. The molecule has 1 aromatic carbocycles. The Morgan fingerprint density at radius 1 is 1.05 bits per heavy atom. The van der Waals surface area contributed by atoms with E-state index in [1.807, 2.05) is 24.7 Å². The first-order chi connectivity index (χ1) is 19.4. The summed E-state index contributed by atoms with van der Waals surface area (Å²) in [5, 5.41) is 11.3. The molecule has 2 N–H and O–H groups in total. The number of fused-ring (bicyclic) bond motifs is 3. The van der Waals surface area contributed by atoms with Crippen LogP contribution in [0, 0.1) is 5.92 Å². The van der Waals surface area contributed by atoms with Crippen molar-refractivity contribution in [2.45, 2.75) is 31.6 Å². The second kappa shape index (κ2) is 11.1. The van der Waals surface area contributed by atoms with Gasteiger partial charge in [-0.05, 0) is 86.7 Å². The first-order valence-electron chi connectivity index (χ1n) is 13.7. The molecule has 10 nitrogen and oxygen atoms in total. The van der Waals surface area contributed by atoms with Crippen LogP contribution in [0.3, 0.4) is 0 Å². The van der Waals surface area contributed by atoms with E-state index in [0.29, 0.717) is 31.4 Å². The van der Waals surface area contributed by atoms with Crippen LogP contribution in [0.1, 0.15) is 47.5 Å². The van der Waals surface area contributed by atoms with Crippen LogP contribution in [-0.2, 0) is 10.0 Å². The van der Waals surface area contributed by atoms with Gasteiger partial charge in [-0.2, -0.15) is 0 Å². The molecule has 210 valence electrons. The second-order valence-corrected chi connectivity index (χ2v) is 12.7. The van der Waals surface area contributed by atoms with Gasteiger partial charge >= 0.3 is 5.97 Å². The molecule has 2 aliphatic heterocycles. The van der Waals surface area contributed by atoms with Gasteiger partial charge in [0.05, 0.1) is 23.9 Å². The minimum Gasteiger partial charge on any atom is -0.493 e. The number of H-pyrrole nitrogens is 1. The van der Waals surface area contributed by atoms with Gasteiger partial charge in [0, 0.05) is 42.2 Å². The molecule has 4 aromatic rings. The lowest BCUT2D eigenvalue weighted by molar-refractivity contribution is 0.0697. The summed E-state index contributed by atoms with van der Waals surface area (Å²) < 4.78 is 34.3. The monoisotopic (exact) mass is 563 g/mol. The molecule has 2 saturated heterocycles. The molecule has 5 heterocycles. The highest BCUT2D eigenvalue weighted by Crippen LogP contribution is 2.35. The Hall–Kier alpha value is -3.54. The Labute approximate surface area is 233 Å². The fourth-order valence-corrected chi connectivity index (χ4v) is 7.76. The summed E-state index contributed by atoms with van der Waals surface area (Å²) >= 11 is 0. The smallest absolute Gasteiger partial charge is 0.335 e. The third kappa shape index (κ3) is 5.54. The number of carbonyl (C=O) groups is 1. The zero-order chi connectivity index (χ0) is 27.7. The van der Waals surface area contributed by atoms with E-state index in [2.05, 4.69) is 25.9 Å². The minimum absolute atomic E-state index is 0.0347. The van der Waals surface area contributed by atoms with Gasteiger partial charge in [-0.25, -0.2) is 22.5 Å². The van der Waals surface area contributed by atoms with Gasteiger partial charge in [0.1, 0.15) is 17.3 Å². The molecule has 0 saturated carbocycles. The highest BCUT2D eigenvalue weighted by atomic mass is 32.2. The number of carboxylic acid groups (broad SMARTS) is 1. The fourth-order valence-electron chi connectivity index (χ4n) is 6.03. The molecule has 3 aromatic heterocycles.